The number of benzene rings is 11. The highest BCUT2D eigenvalue weighted by atomic mass is 15.1. The zero-order chi connectivity index (χ0) is 50.2. The second kappa shape index (κ2) is 16.0. The van der Waals surface area contributed by atoms with E-state index in [1.54, 1.807) is 0 Å². The first-order valence-corrected chi connectivity index (χ1v) is 26.5. The Hall–Kier alpha value is -8.98. The quantitative estimate of drug-likeness (QED) is 0.164. The SMILES string of the molecule is CC1(C)c2ccccc2-c2ccc(N(c3ccccc3)c3ccc4c(c3)C3(c5ccccc5-c5ccccc5-c5ccccc53)c3cc(N(c5ccccc5)c5ccc6c(c5)C(C)(C)c5ccccc5-6)ccc3-4)cc21. The van der Waals surface area contributed by atoms with Crippen LogP contribution in [-0.2, 0) is 16.2 Å². The molecule has 0 unspecified atom stereocenters. The molecule has 4 aliphatic rings. The van der Waals surface area contributed by atoms with Crippen LogP contribution in [0, 0.1) is 0 Å². The Labute approximate surface area is 440 Å². The summed E-state index contributed by atoms with van der Waals surface area (Å²) in [7, 11) is 0. The predicted octanol–water partition coefficient (Wildman–Crippen LogP) is 19.2. The average molecular weight is 959 g/mol. The molecule has 2 heteroatoms. The highest BCUT2D eigenvalue weighted by Crippen LogP contribution is 2.63. The number of fused-ring (bicyclic) bond motifs is 18. The first kappa shape index (κ1) is 43.6. The molecule has 0 radical (unpaired) electrons. The highest BCUT2D eigenvalue weighted by molar-refractivity contribution is 5.99. The Bertz CT molecular complexity index is 3870. The largest absolute Gasteiger partial charge is 0.310 e. The summed E-state index contributed by atoms with van der Waals surface area (Å²) in [4.78, 5) is 4.96. The molecule has 0 fully saturated rings. The Kier molecular flexibility index (Phi) is 9.30. The number of hydrogen-bond acceptors (Lipinski definition) is 2. The van der Waals surface area contributed by atoms with Crippen LogP contribution in [0.25, 0.3) is 55.6 Å². The molecule has 0 heterocycles. The lowest BCUT2D eigenvalue weighted by molar-refractivity contribution is 0.660. The molecule has 1 spiro atoms. The van der Waals surface area contributed by atoms with Gasteiger partial charge in [0.2, 0.25) is 0 Å². The third-order valence-corrected chi connectivity index (χ3v) is 17.5. The number of hydrogen-bond donors (Lipinski definition) is 0. The summed E-state index contributed by atoms with van der Waals surface area (Å²) in [6.07, 6.45) is 0. The lowest BCUT2D eigenvalue weighted by Crippen LogP contribution is -2.30. The van der Waals surface area contributed by atoms with Crippen LogP contribution >= 0.6 is 0 Å². The summed E-state index contributed by atoms with van der Waals surface area (Å²) < 4.78 is 0. The van der Waals surface area contributed by atoms with Crippen LogP contribution in [0.5, 0.6) is 0 Å². The van der Waals surface area contributed by atoms with E-state index >= 15 is 0 Å². The lowest BCUT2D eigenvalue weighted by Gasteiger charge is -2.37. The van der Waals surface area contributed by atoms with Gasteiger partial charge in [0.05, 0.1) is 5.41 Å². The van der Waals surface area contributed by atoms with Crippen molar-refractivity contribution in [3.05, 3.63) is 299 Å². The minimum Gasteiger partial charge on any atom is -0.310 e. The van der Waals surface area contributed by atoms with Gasteiger partial charge in [-0.2, -0.15) is 0 Å². The molecule has 356 valence electrons. The van der Waals surface area contributed by atoms with Crippen molar-refractivity contribution in [3.8, 4) is 55.6 Å². The van der Waals surface area contributed by atoms with Gasteiger partial charge >= 0.3 is 0 Å². The Morgan fingerprint density at radius 1 is 0.200 bits per heavy atom. The molecule has 0 aliphatic heterocycles. The van der Waals surface area contributed by atoms with Crippen molar-refractivity contribution in [1.29, 1.82) is 0 Å². The van der Waals surface area contributed by atoms with Gasteiger partial charge in [0.25, 0.3) is 0 Å². The minimum atomic E-state index is -0.725. The number of anilines is 6. The van der Waals surface area contributed by atoms with Crippen molar-refractivity contribution in [2.45, 2.75) is 43.9 Å². The summed E-state index contributed by atoms with van der Waals surface area (Å²) >= 11 is 0. The van der Waals surface area contributed by atoms with Gasteiger partial charge in [-0.25, -0.2) is 0 Å². The van der Waals surface area contributed by atoms with Crippen LogP contribution in [0.3, 0.4) is 0 Å². The van der Waals surface area contributed by atoms with E-state index in [1.165, 1.54) is 100 Å². The fraction of sp³-hybridized carbons (Fsp3) is 0.0959. The zero-order valence-corrected chi connectivity index (χ0v) is 42.6. The molecule has 0 saturated heterocycles. The Morgan fingerprint density at radius 2 is 0.453 bits per heavy atom. The standard InChI is InChI=1S/C73H54N2/c1-71(2)63-31-17-13-29-57(63)59-39-35-49(43-67(59)71)74(47-21-7-5-8-22-47)51-37-41-61-62-42-38-52(75(48-23-9-6-10-24-48)50-36-40-60-58-30-14-18-32-64(58)72(3,4)68(60)44-50)46-70(62)73(69(61)45-51)65-33-19-15-27-55(65)53-25-11-12-26-54(53)56-28-16-20-34-66(56)73/h5-46H,1-4H3. The van der Waals surface area contributed by atoms with Gasteiger partial charge in [-0.15, -0.1) is 0 Å². The molecule has 4 aliphatic carbocycles. The van der Waals surface area contributed by atoms with Crippen molar-refractivity contribution in [1.82, 2.24) is 0 Å². The monoisotopic (exact) mass is 958 g/mol. The number of para-hydroxylation sites is 2. The van der Waals surface area contributed by atoms with E-state index in [0.29, 0.717) is 0 Å². The smallest absolute Gasteiger partial charge is 0.0727 e. The van der Waals surface area contributed by atoms with Crippen LogP contribution in [0.15, 0.2) is 255 Å². The first-order valence-electron chi connectivity index (χ1n) is 26.5. The van der Waals surface area contributed by atoms with E-state index in [-0.39, 0.29) is 10.8 Å². The van der Waals surface area contributed by atoms with Gasteiger partial charge < -0.3 is 9.80 Å². The molecular weight excluding hydrogens is 905 g/mol. The van der Waals surface area contributed by atoms with E-state index in [9.17, 15) is 0 Å². The van der Waals surface area contributed by atoms with Crippen molar-refractivity contribution >= 4 is 34.1 Å². The maximum absolute atomic E-state index is 2.54. The lowest BCUT2D eigenvalue weighted by atomic mass is 9.65. The van der Waals surface area contributed by atoms with Crippen molar-refractivity contribution in [2.75, 3.05) is 9.80 Å². The van der Waals surface area contributed by atoms with Crippen LogP contribution in [-0.4, -0.2) is 0 Å². The predicted molar refractivity (Wildman–Crippen MR) is 313 cm³/mol. The topological polar surface area (TPSA) is 6.48 Å². The normalized spacial score (nSPS) is 14.7. The molecule has 0 aromatic heterocycles. The molecule has 2 nitrogen and oxygen atoms in total. The molecule has 0 N–H and O–H groups in total. The zero-order valence-electron chi connectivity index (χ0n) is 42.6. The number of rotatable bonds is 6. The fourth-order valence-electron chi connectivity index (χ4n) is 14.1. The summed E-state index contributed by atoms with van der Waals surface area (Å²) in [5.41, 5.74) is 29.1. The minimum absolute atomic E-state index is 0.150. The molecule has 75 heavy (non-hydrogen) atoms. The molecule has 0 bridgehead atoms. The Balaban J connectivity index is 0.995. The molecule has 11 aromatic carbocycles. The second-order valence-electron chi connectivity index (χ2n) is 22.0. The maximum Gasteiger partial charge on any atom is 0.0727 e. The molecule has 0 atom stereocenters. The first-order chi connectivity index (χ1) is 36.7. The molecule has 11 aromatic rings. The second-order valence-corrected chi connectivity index (χ2v) is 22.0. The van der Waals surface area contributed by atoms with Crippen molar-refractivity contribution in [3.63, 3.8) is 0 Å². The third kappa shape index (κ3) is 6.08. The summed E-state index contributed by atoms with van der Waals surface area (Å²) in [5, 5.41) is 0. The van der Waals surface area contributed by atoms with Crippen molar-refractivity contribution < 1.29 is 0 Å². The van der Waals surface area contributed by atoms with Gasteiger partial charge in [0, 0.05) is 45.0 Å². The van der Waals surface area contributed by atoms with Gasteiger partial charge in [0.1, 0.15) is 0 Å². The van der Waals surface area contributed by atoms with E-state index in [0.717, 1.165) is 34.1 Å². The van der Waals surface area contributed by atoms with Crippen LogP contribution in [0.1, 0.15) is 72.2 Å². The van der Waals surface area contributed by atoms with Crippen LogP contribution < -0.4 is 9.80 Å². The molecule has 15 rings (SSSR count). The van der Waals surface area contributed by atoms with Crippen LogP contribution in [0.4, 0.5) is 34.1 Å². The van der Waals surface area contributed by atoms with Gasteiger partial charge in [-0.3, -0.25) is 0 Å². The summed E-state index contributed by atoms with van der Waals surface area (Å²) in [5.74, 6) is 0. The summed E-state index contributed by atoms with van der Waals surface area (Å²) in [6.45, 7) is 9.50. The highest BCUT2D eigenvalue weighted by Gasteiger charge is 2.50. The molecular formula is C73H54N2. The van der Waals surface area contributed by atoms with Crippen LogP contribution in [0.2, 0.25) is 0 Å². The van der Waals surface area contributed by atoms with E-state index < -0.39 is 5.41 Å². The third-order valence-electron chi connectivity index (χ3n) is 17.5. The van der Waals surface area contributed by atoms with E-state index in [2.05, 4.69) is 292 Å². The average Bonchev–Trinajstić information content (AvgIpc) is 4.04. The van der Waals surface area contributed by atoms with Crippen molar-refractivity contribution in [2.24, 2.45) is 0 Å². The van der Waals surface area contributed by atoms with Gasteiger partial charge in [-0.1, -0.05) is 210 Å². The van der Waals surface area contributed by atoms with E-state index in [4.69, 9.17) is 0 Å². The number of nitrogens with zero attached hydrogens (tertiary/aromatic N) is 2. The fourth-order valence-corrected chi connectivity index (χ4v) is 14.1. The molecule has 0 saturated carbocycles. The van der Waals surface area contributed by atoms with Gasteiger partial charge in [-0.05, 0) is 173 Å². The Morgan fingerprint density at radius 3 is 0.813 bits per heavy atom. The maximum atomic E-state index is 2.54. The van der Waals surface area contributed by atoms with E-state index in [1.807, 2.05) is 0 Å². The summed E-state index contributed by atoms with van der Waals surface area (Å²) in [6, 6.07) is 96.2. The van der Waals surface area contributed by atoms with Gasteiger partial charge in [0.15, 0.2) is 0 Å². The molecule has 0 amide bonds.